The Labute approximate surface area is 179 Å². The number of amides is 1. The Bertz CT molecular complexity index is 1140. The third-order valence-corrected chi connectivity index (χ3v) is 7.81. The predicted molar refractivity (Wildman–Crippen MR) is 117 cm³/mol. The van der Waals surface area contributed by atoms with E-state index >= 15 is 0 Å². The number of benzene rings is 2. The quantitative estimate of drug-likeness (QED) is 0.624. The zero-order chi connectivity index (χ0) is 21.1. The third kappa shape index (κ3) is 4.33. The molecule has 158 valence electrons. The molecule has 1 saturated heterocycles. The molecule has 0 aliphatic carbocycles. The van der Waals surface area contributed by atoms with E-state index in [-0.39, 0.29) is 17.3 Å². The molecule has 0 radical (unpaired) electrons. The highest BCUT2D eigenvalue weighted by Crippen LogP contribution is 2.27. The van der Waals surface area contributed by atoms with Gasteiger partial charge in [0, 0.05) is 30.4 Å². The summed E-state index contributed by atoms with van der Waals surface area (Å²) in [6, 6.07) is 12.1. The number of aromatic nitrogens is 1. The van der Waals surface area contributed by atoms with Crippen LogP contribution in [-0.2, 0) is 14.8 Å². The molecule has 0 saturated carbocycles. The molecule has 1 aliphatic heterocycles. The molecule has 1 amide bonds. The Morgan fingerprint density at radius 1 is 1.27 bits per heavy atom. The Morgan fingerprint density at radius 3 is 2.83 bits per heavy atom. The van der Waals surface area contributed by atoms with E-state index in [9.17, 15) is 13.2 Å². The highest BCUT2D eigenvalue weighted by atomic mass is 32.2. The summed E-state index contributed by atoms with van der Waals surface area (Å²) in [5.41, 5.74) is 0.694. The smallest absolute Gasteiger partial charge is 0.243 e. The fraction of sp³-hybridized carbons (Fsp3) is 0.333. The lowest BCUT2D eigenvalue weighted by Gasteiger charge is -2.31. The molecule has 7 nitrogen and oxygen atoms in total. The van der Waals surface area contributed by atoms with E-state index in [0.717, 1.165) is 10.1 Å². The van der Waals surface area contributed by atoms with Crippen molar-refractivity contribution in [2.75, 3.05) is 25.0 Å². The van der Waals surface area contributed by atoms with Crippen molar-refractivity contribution in [1.82, 2.24) is 8.68 Å². The second-order valence-corrected chi connectivity index (χ2v) is 9.95. The van der Waals surface area contributed by atoms with Gasteiger partial charge in [0.05, 0.1) is 22.1 Å². The maximum Gasteiger partial charge on any atom is 0.243 e. The van der Waals surface area contributed by atoms with Crippen LogP contribution in [0.5, 0.6) is 5.75 Å². The minimum absolute atomic E-state index is 0.163. The molecule has 1 fully saturated rings. The lowest BCUT2D eigenvalue weighted by Crippen LogP contribution is -2.43. The second-order valence-electron chi connectivity index (χ2n) is 7.17. The van der Waals surface area contributed by atoms with Gasteiger partial charge in [-0.3, -0.25) is 4.79 Å². The first kappa shape index (κ1) is 20.8. The van der Waals surface area contributed by atoms with Crippen molar-refractivity contribution in [3.05, 3.63) is 48.7 Å². The SMILES string of the molecule is CCOc1ccc(S(=O)(=O)N2CCCC(C(=O)Nc3ccc4sncc4c3)C2)cc1. The Hall–Kier alpha value is -2.49. The second kappa shape index (κ2) is 8.71. The highest BCUT2D eigenvalue weighted by molar-refractivity contribution is 7.89. The number of anilines is 1. The number of carbonyl (C=O) groups is 1. The summed E-state index contributed by atoms with van der Waals surface area (Å²) in [5, 5.41) is 3.90. The molecule has 0 bridgehead atoms. The van der Waals surface area contributed by atoms with Crippen molar-refractivity contribution in [2.45, 2.75) is 24.7 Å². The molecule has 2 heterocycles. The number of hydrogen-bond acceptors (Lipinski definition) is 6. The number of rotatable bonds is 6. The van der Waals surface area contributed by atoms with Crippen LogP contribution in [0.1, 0.15) is 19.8 Å². The number of nitrogens with zero attached hydrogens (tertiary/aromatic N) is 2. The monoisotopic (exact) mass is 445 g/mol. The van der Waals surface area contributed by atoms with E-state index < -0.39 is 15.9 Å². The van der Waals surface area contributed by atoms with Crippen LogP contribution in [0.25, 0.3) is 10.1 Å². The average Bonchev–Trinajstić information content (AvgIpc) is 3.22. The topological polar surface area (TPSA) is 88.6 Å². The van der Waals surface area contributed by atoms with Gasteiger partial charge in [0.25, 0.3) is 0 Å². The van der Waals surface area contributed by atoms with E-state index in [2.05, 4.69) is 9.69 Å². The van der Waals surface area contributed by atoms with Gasteiger partial charge in [0.2, 0.25) is 15.9 Å². The first-order valence-electron chi connectivity index (χ1n) is 9.85. The molecular weight excluding hydrogens is 422 g/mol. The van der Waals surface area contributed by atoms with Gasteiger partial charge in [-0.25, -0.2) is 8.42 Å². The number of nitrogens with one attached hydrogen (secondary N) is 1. The van der Waals surface area contributed by atoms with Crippen LogP contribution in [0, 0.1) is 5.92 Å². The van der Waals surface area contributed by atoms with Gasteiger partial charge >= 0.3 is 0 Å². The molecule has 1 atom stereocenters. The fourth-order valence-electron chi connectivity index (χ4n) is 3.59. The number of ether oxygens (including phenoxy) is 1. The lowest BCUT2D eigenvalue weighted by atomic mass is 9.98. The van der Waals surface area contributed by atoms with Crippen molar-refractivity contribution in [3.8, 4) is 5.75 Å². The zero-order valence-corrected chi connectivity index (χ0v) is 18.2. The number of fused-ring (bicyclic) bond motifs is 1. The molecule has 1 aliphatic rings. The maximum atomic E-state index is 13.0. The van der Waals surface area contributed by atoms with Crippen LogP contribution in [0.15, 0.2) is 53.6 Å². The Morgan fingerprint density at radius 2 is 2.07 bits per heavy atom. The lowest BCUT2D eigenvalue weighted by molar-refractivity contribution is -0.120. The summed E-state index contributed by atoms with van der Waals surface area (Å²) in [6.45, 7) is 2.97. The van der Waals surface area contributed by atoms with Crippen LogP contribution >= 0.6 is 11.5 Å². The van der Waals surface area contributed by atoms with E-state index in [1.165, 1.54) is 15.8 Å². The molecule has 1 N–H and O–H groups in total. The van der Waals surface area contributed by atoms with Crippen LogP contribution < -0.4 is 10.1 Å². The molecule has 3 aromatic rings. The zero-order valence-electron chi connectivity index (χ0n) is 16.6. The highest BCUT2D eigenvalue weighted by Gasteiger charge is 2.33. The Kier molecular flexibility index (Phi) is 6.03. The van der Waals surface area contributed by atoms with Gasteiger partial charge in [-0.15, -0.1) is 0 Å². The van der Waals surface area contributed by atoms with E-state index in [1.54, 1.807) is 30.5 Å². The Balaban J connectivity index is 1.45. The molecule has 2 aromatic carbocycles. The normalized spacial score (nSPS) is 17.7. The van der Waals surface area contributed by atoms with Gasteiger partial charge in [0.1, 0.15) is 5.75 Å². The number of sulfonamides is 1. The number of carbonyl (C=O) groups excluding carboxylic acids is 1. The number of piperidine rings is 1. The number of hydrogen-bond donors (Lipinski definition) is 1. The third-order valence-electron chi connectivity index (χ3n) is 5.15. The van der Waals surface area contributed by atoms with E-state index in [1.807, 2.05) is 25.1 Å². The summed E-state index contributed by atoms with van der Waals surface area (Å²) >= 11 is 1.40. The van der Waals surface area contributed by atoms with Gasteiger partial charge in [-0.05, 0) is 73.8 Å². The van der Waals surface area contributed by atoms with E-state index in [0.29, 0.717) is 37.4 Å². The van der Waals surface area contributed by atoms with Crippen LogP contribution in [0.3, 0.4) is 0 Å². The first-order valence-corrected chi connectivity index (χ1v) is 12.1. The molecule has 0 spiro atoms. The van der Waals surface area contributed by atoms with Gasteiger partial charge in [-0.1, -0.05) is 0 Å². The molecule has 1 aromatic heterocycles. The van der Waals surface area contributed by atoms with Crippen LogP contribution in [-0.4, -0.2) is 42.7 Å². The van der Waals surface area contributed by atoms with Crippen molar-refractivity contribution in [1.29, 1.82) is 0 Å². The van der Waals surface area contributed by atoms with Gasteiger partial charge in [-0.2, -0.15) is 8.68 Å². The van der Waals surface area contributed by atoms with Gasteiger partial charge < -0.3 is 10.1 Å². The summed E-state index contributed by atoms with van der Waals surface area (Å²) < 4.78 is 38.1. The molecule has 30 heavy (non-hydrogen) atoms. The van der Waals surface area contributed by atoms with Crippen molar-refractivity contribution < 1.29 is 17.9 Å². The maximum absolute atomic E-state index is 13.0. The standard InChI is InChI=1S/C21H23N3O4S2/c1-2-28-18-6-8-19(9-7-18)30(26,27)24-11-3-4-15(14-24)21(25)23-17-5-10-20-16(12-17)13-22-29-20/h5-10,12-13,15H,2-4,11,14H2,1H3,(H,23,25). The van der Waals surface area contributed by atoms with Crippen molar-refractivity contribution in [2.24, 2.45) is 5.92 Å². The average molecular weight is 446 g/mol. The summed E-state index contributed by atoms with van der Waals surface area (Å²) in [7, 11) is -3.66. The fourth-order valence-corrected chi connectivity index (χ4v) is 5.74. The van der Waals surface area contributed by atoms with Crippen molar-refractivity contribution >= 4 is 43.2 Å². The van der Waals surface area contributed by atoms with Gasteiger partial charge in [0.15, 0.2) is 0 Å². The molecule has 4 rings (SSSR count). The largest absolute Gasteiger partial charge is 0.494 e. The summed E-state index contributed by atoms with van der Waals surface area (Å²) in [6.07, 6.45) is 3.06. The predicted octanol–water partition coefficient (Wildman–Crippen LogP) is 3.73. The summed E-state index contributed by atoms with van der Waals surface area (Å²) in [4.78, 5) is 13.0. The minimum atomic E-state index is -3.66. The minimum Gasteiger partial charge on any atom is -0.494 e. The van der Waals surface area contributed by atoms with Crippen LogP contribution in [0.2, 0.25) is 0 Å². The molecule has 1 unspecified atom stereocenters. The van der Waals surface area contributed by atoms with Crippen LogP contribution in [0.4, 0.5) is 5.69 Å². The molecule has 9 heteroatoms. The van der Waals surface area contributed by atoms with Crippen molar-refractivity contribution in [3.63, 3.8) is 0 Å². The first-order chi connectivity index (χ1) is 14.5. The van der Waals surface area contributed by atoms with E-state index in [4.69, 9.17) is 4.74 Å². The summed E-state index contributed by atoms with van der Waals surface area (Å²) in [5.74, 6) is 0.0711. The molecular formula is C21H23N3O4S2.